The van der Waals surface area contributed by atoms with Gasteiger partial charge in [-0.05, 0) is 68.3 Å². The van der Waals surface area contributed by atoms with Gasteiger partial charge in [-0.15, -0.1) is 11.3 Å². The highest BCUT2D eigenvalue weighted by molar-refractivity contribution is 7.92. The van der Waals surface area contributed by atoms with Crippen molar-refractivity contribution in [1.29, 1.82) is 0 Å². The highest BCUT2D eigenvalue weighted by atomic mass is 35.5. The summed E-state index contributed by atoms with van der Waals surface area (Å²) in [6, 6.07) is 18.7. The van der Waals surface area contributed by atoms with Crippen molar-refractivity contribution >= 4 is 54.9 Å². The highest BCUT2D eigenvalue weighted by Gasteiger charge is 2.31. The summed E-state index contributed by atoms with van der Waals surface area (Å²) in [5.74, 6) is -0.330. The number of benzene rings is 3. The van der Waals surface area contributed by atoms with E-state index in [0.717, 1.165) is 28.0 Å². The molecule has 0 spiro atoms. The number of aryl methyl sites for hydroxylation is 3. The Morgan fingerprint density at radius 3 is 2.18 bits per heavy atom. The van der Waals surface area contributed by atoms with E-state index in [1.165, 1.54) is 24.3 Å². The molecular weight excluding hydrogens is 488 g/mol. The van der Waals surface area contributed by atoms with E-state index in [1.807, 2.05) is 51.1 Å². The molecule has 5 nitrogen and oxygen atoms in total. The molecule has 0 fully saturated rings. The Kier molecular flexibility index (Phi) is 6.53. The van der Waals surface area contributed by atoms with Crippen molar-refractivity contribution in [2.24, 2.45) is 0 Å². The minimum Gasteiger partial charge on any atom is -0.396 e. The molecule has 1 aromatic heterocycles. The number of hydrogen-bond acceptors (Lipinski definition) is 6. The number of halogens is 1. The highest BCUT2D eigenvalue weighted by Crippen LogP contribution is 2.44. The van der Waals surface area contributed by atoms with Crippen LogP contribution in [0.2, 0.25) is 5.02 Å². The van der Waals surface area contributed by atoms with Gasteiger partial charge in [0.2, 0.25) is 15.6 Å². The second kappa shape index (κ2) is 9.25. The molecule has 0 saturated carbocycles. The summed E-state index contributed by atoms with van der Waals surface area (Å²) in [6.07, 6.45) is 0. The van der Waals surface area contributed by atoms with Crippen LogP contribution in [0.15, 0.2) is 76.5 Å². The Labute approximate surface area is 208 Å². The van der Waals surface area contributed by atoms with Crippen molar-refractivity contribution in [3.8, 4) is 0 Å². The number of hydrogen-bond donors (Lipinski definition) is 2. The maximum atomic E-state index is 13.6. The van der Waals surface area contributed by atoms with Crippen molar-refractivity contribution in [2.75, 3.05) is 11.1 Å². The van der Waals surface area contributed by atoms with Crippen LogP contribution in [0.3, 0.4) is 0 Å². The van der Waals surface area contributed by atoms with Crippen molar-refractivity contribution in [2.45, 2.75) is 30.6 Å². The third-order valence-electron chi connectivity index (χ3n) is 5.58. The molecule has 0 unspecified atom stereocenters. The minimum atomic E-state index is -4.04. The van der Waals surface area contributed by atoms with Crippen LogP contribution in [-0.4, -0.2) is 14.2 Å². The normalized spacial score (nSPS) is 11.4. The fourth-order valence-electron chi connectivity index (χ4n) is 3.46. The lowest BCUT2D eigenvalue weighted by Gasteiger charge is -2.11. The number of rotatable bonds is 6. The fraction of sp³-hybridized carbons (Fsp3) is 0.115. The number of carbonyl (C=O) groups is 1. The van der Waals surface area contributed by atoms with Crippen LogP contribution in [-0.2, 0) is 9.84 Å². The summed E-state index contributed by atoms with van der Waals surface area (Å²) in [7, 11) is -4.04. The first-order chi connectivity index (χ1) is 16.1. The standard InChI is InChI=1S/C26H23ClN2O3S2/c1-15-4-7-18(8-5-15)23(30)24-22(28)25(34(31,32)21-12-9-19(27)10-13-21)26(33-24)29-20-11-6-16(2)17(3)14-20/h4-14,29H,28H2,1-3H3. The Balaban J connectivity index is 1.88. The second-order valence-electron chi connectivity index (χ2n) is 8.08. The lowest BCUT2D eigenvalue weighted by molar-refractivity contribution is 0.104. The summed E-state index contributed by atoms with van der Waals surface area (Å²) in [5, 5.41) is 3.89. The average Bonchev–Trinajstić information content (AvgIpc) is 3.13. The van der Waals surface area contributed by atoms with Crippen LogP contribution in [0.4, 0.5) is 16.4 Å². The monoisotopic (exact) mass is 510 g/mol. The molecule has 4 aromatic rings. The van der Waals surface area contributed by atoms with Crippen molar-refractivity contribution in [3.05, 3.63) is 98.9 Å². The van der Waals surface area contributed by atoms with Gasteiger partial charge in [0, 0.05) is 16.3 Å². The second-order valence-corrected chi connectivity index (χ2v) is 11.4. The Morgan fingerprint density at radius 1 is 0.912 bits per heavy atom. The number of ketones is 1. The van der Waals surface area contributed by atoms with Crippen LogP contribution < -0.4 is 11.1 Å². The fourth-order valence-corrected chi connectivity index (χ4v) is 6.52. The Morgan fingerprint density at radius 2 is 1.56 bits per heavy atom. The van der Waals surface area contributed by atoms with Crippen LogP contribution in [0, 0.1) is 20.8 Å². The smallest absolute Gasteiger partial charge is 0.211 e. The zero-order chi connectivity index (χ0) is 24.6. The maximum Gasteiger partial charge on any atom is 0.211 e. The Hall–Kier alpha value is -3.13. The molecular formula is C26H23ClN2O3S2. The molecule has 34 heavy (non-hydrogen) atoms. The van der Waals surface area contributed by atoms with E-state index in [0.29, 0.717) is 16.3 Å². The van der Waals surface area contributed by atoms with E-state index in [1.54, 1.807) is 12.1 Å². The lowest BCUT2D eigenvalue weighted by Crippen LogP contribution is -2.08. The van der Waals surface area contributed by atoms with E-state index < -0.39 is 9.84 Å². The van der Waals surface area contributed by atoms with Crippen molar-refractivity contribution in [3.63, 3.8) is 0 Å². The molecule has 0 amide bonds. The zero-order valence-corrected chi connectivity index (χ0v) is 21.2. The number of sulfone groups is 1. The van der Waals surface area contributed by atoms with Gasteiger partial charge in [-0.2, -0.15) is 0 Å². The number of nitrogens with one attached hydrogen (secondary N) is 1. The number of anilines is 3. The van der Waals surface area contributed by atoms with Gasteiger partial charge < -0.3 is 11.1 Å². The first kappa shape index (κ1) is 24.0. The predicted molar refractivity (Wildman–Crippen MR) is 139 cm³/mol. The van der Waals surface area contributed by atoms with Crippen molar-refractivity contribution < 1.29 is 13.2 Å². The first-order valence-corrected chi connectivity index (χ1v) is 13.1. The molecule has 3 aromatic carbocycles. The molecule has 4 rings (SSSR count). The van der Waals surface area contributed by atoms with E-state index in [2.05, 4.69) is 5.32 Å². The molecule has 0 aliphatic heterocycles. The zero-order valence-electron chi connectivity index (χ0n) is 18.8. The molecule has 0 atom stereocenters. The van der Waals surface area contributed by atoms with Gasteiger partial charge in [0.15, 0.2) is 0 Å². The van der Waals surface area contributed by atoms with Crippen molar-refractivity contribution in [1.82, 2.24) is 0 Å². The molecule has 0 radical (unpaired) electrons. The van der Waals surface area contributed by atoms with Gasteiger partial charge in [-0.3, -0.25) is 4.79 Å². The minimum absolute atomic E-state index is 0.0406. The Bertz CT molecular complexity index is 1490. The maximum absolute atomic E-state index is 13.6. The molecule has 0 aliphatic rings. The summed E-state index contributed by atoms with van der Waals surface area (Å²) < 4.78 is 27.3. The van der Waals surface area contributed by atoms with E-state index in [4.69, 9.17) is 17.3 Å². The first-order valence-electron chi connectivity index (χ1n) is 10.5. The molecule has 3 N–H and O–H groups in total. The largest absolute Gasteiger partial charge is 0.396 e. The topological polar surface area (TPSA) is 89.3 Å². The number of thiophene rings is 1. The molecule has 8 heteroatoms. The van der Waals surface area contributed by atoms with Gasteiger partial charge in [0.25, 0.3) is 0 Å². The summed E-state index contributed by atoms with van der Waals surface area (Å²) in [5.41, 5.74) is 10.6. The van der Waals surface area contributed by atoms with Gasteiger partial charge in [0.05, 0.1) is 10.6 Å². The molecule has 0 saturated heterocycles. The van der Waals surface area contributed by atoms with Crippen LogP contribution in [0.5, 0.6) is 0 Å². The average molecular weight is 511 g/mol. The summed E-state index contributed by atoms with van der Waals surface area (Å²) in [4.78, 5) is 13.4. The third-order valence-corrected chi connectivity index (χ3v) is 8.93. The van der Waals surface area contributed by atoms with Gasteiger partial charge in [-0.1, -0.05) is 47.5 Å². The van der Waals surface area contributed by atoms with Crippen LogP contribution in [0.1, 0.15) is 31.9 Å². The quantitative estimate of drug-likeness (QED) is 0.281. The van der Waals surface area contributed by atoms with E-state index in [-0.39, 0.29) is 31.1 Å². The van der Waals surface area contributed by atoms with Crippen LogP contribution in [0.25, 0.3) is 0 Å². The number of nitrogens with two attached hydrogens (primary N) is 1. The molecule has 0 aliphatic carbocycles. The third kappa shape index (κ3) is 4.59. The van der Waals surface area contributed by atoms with Gasteiger partial charge >= 0.3 is 0 Å². The number of carbonyl (C=O) groups excluding carboxylic acids is 1. The SMILES string of the molecule is Cc1ccc(C(=O)c2sc(Nc3ccc(C)c(C)c3)c(S(=O)(=O)c3ccc(Cl)cc3)c2N)cc1. The predicted octanol–water partition coefficient (Wildman–Crippen LogP) is 6.72. The van der Waals surface area contributed by atoms with Gasteiger partial charge in [-0.25, -0.2) is 8.42 Å². The summed E-state index contributed by atoms with van der Waals surface area (Å²) >= 11 is 6.99. The number of nitrogen functional groups attached to an aromatic ring is 1. The van der Waals surface area contributed by atoms with Crippen LogP contribution >= 0.6 is 22.9 Å². The van der Waals surface area contributed by atoms with E-state index >= 15 is 0 Å². The lowest BCUT2D eigenvalue weighted by atomic mass is 10.1. The molecule has 174 valence electrons. The van der Waals surface area contributed by atoms with Gasteiger partial charge in [0.1, 0.15) is 14.8 Å². The van der Waals surface area contributed by atoms with E-state index in [9.17, 15) is 13.2 Å². The molecule has 1 heterocycles. The summed E-state index contributed by atoms with van der Waals surface area (Å²) in [6.45, 7) is 5.90. The molecule has 0 bridgehead atoms.